The van der Waals surface area contributed by atoms with Gasteiger partial charge in [0.2, 0.25) is 23.6 Å². The van der Waals surface area contributed by atoms with Gasteiger partial charge in [-0.25, -0.2) is 22.8 Å². The summed E-state index contributed by atoms with van der Waals surface area (Å²) in [5.74, 6) is -6.43. The van der Waals surface area contributed by atoms with Crippen LogP contribution in [0.15, 0.2) is 78.9 Å². The molecule has 4 aromatic rings. The number of hydrogen-bond donors (Lipinski definition) is 5. The molecule has 0 radical (unpaired) electrons. The molecule has 2 fully saturated rings. The third kappa shape index (κ3) is 16.4. The maximum absolute atomic E-state index is 15.1. The molecular weight excluding hydrogens is 1180 g/mol. The van der Waals surface area contributed by atoms with E-state index in [-0.39, 0.29) is 54.8 Å². The zero-order chi connectivity index (χ0) is 66.6. The molecule has 0 bridgehead atoms. The van der Waals surface area contributed by atoms with Crippen molar-refractivity contribution in [3.05, 3.63) is 124 Å². The van der Waals surface area contributed by atoms with Crippen molar-refractivity contribution in [2.75, 3.05) is 88.7 Å². The van der Waals surface area contributed by atoms with Gasteiger partial charge in [0, 0.05) is 89.5 Å². The Labute approximate surface area is 530 Å². The van der Waals surface area contributed by atoms with Crippen LogP contribution in [0.4, 0.5) is 39.8 Å². The first-order valence-corrected chi connectivity index (χ1v) is 30.7. The maximum atomic E-state index is 15.1. The molecule has 2 saturated heterocycles. The first kappa shape index (κ1) is 69.1. The minimum absolute atomic E-state index is 0.00826. The molecule has 494 valence electrons. The zero-order valence-electron chi connectivity index (χ0n) is 54.2. The number of rotatable bonds is 19. The fraction of sp³-hybridized carbons (Fsp3) is 0.530. The smallest absolute Gasteiger partial charge is 0.410 e. The van der Waals surface area contributed by atoms with Crippen LogP contribution in [0.3, 0.4) is 0 Å². The molecule has 9 atom stereocenters. The molecule has 0 saturated carbocycles. The quantitative estimate of drug-likeness (QED) is 0.0658. The first-order valence-electron chi connectivity index (χ1n) is 30.7. The topological polar surface area (TPSA) is 244 Å². The van der Waals surface area contributed by atoms with Crippen molar-refractivity contribution in [2.45, 2.75) is 154 Å². The Balaban J connectivity index is 1.02. The number of aliphatic hydroxyl groups excluding tert-OH is 1. The van der Waals surface area contributed by atoms with Crippen LogP contribution in [0.5, 0.6) is 0 Å². The number of nitrogens with one attached hydrogen (secondary N) is 4. The Hall–Kier alpha value is -7.84. The number of amides is 7. The molecule has 4 aromatic carbocycles. The van der Waals surface area contributed by atoms with E-state index in [1.54, 1.807) is 55.7 Å². The van der Waals surface area contributed by atoms with Gasteiger partial charge in [-0.2, -0.15) is 0 Å². The van der Waals surface area contributed by atoms with Gasteiger partial charge in [-0.3, -0.25) is 38.7 Å². The van der Waals surface area contributed by atoms with Gasteiger partial charge in [0.05, 0.1) is 31.3 Å². The Kier molecular flexibility index (Phi) is 21.5. The van der Waals surface area contributed by atoms with Crippen molar-refractivity contribution < 1.29 is 70.8 Å². The summed E-state index contributed by atoms with van der Waals surface area (Å²) < 4.78 is 66.9. The number of halogens is 3. The predicted molar refractivity (Wildman–Crippen MR) is 334 cm³/mol. The molecule has 1 unspecified atom stereocenters. The van der Waals surface area contributed by atoms with Gasteiger partial charge in [-0.1, -0.05) is 36.4 Å². The number of para-hydroxylation sites is 1. The number of carbonyl (C=O) groups excluding carboxylic acids is 7. The predicted octanol–water partition coefficient (Wildman–Crippen LogP) is 6.67. The van der Waals surface area contributed by atoms with E-state index in [0.29, 0.717) is 62.6 Å². The van der Waals surface area contributed by atoms with E-state index in [1.165, 1.54) is 52.3 Å². The fourth-order valence-corrected chi connectivity index (χ4v) is 11.9. The number of likely N-dealkylation sites (N-methyl/N-ethyl adjacent to an activating group) is 1. The number of anilines is 3. The summed E-state index contributed by atoms with van der Waals surface area (Å²) in [7, 11) is 2.66. The Morgan fingerprint density at radius 2 is 1.49 bits per heavy atom. The lowest BCUT2D eigenvalue weighted by atomic mass is 9.83. The van der Waals surface area contributed by atoms with E-state index in [0.717, 1.165) is 39.1 Å². The third-order valence-electron chi connectivity index (χ3n) is 17.1. The second kappa shape index (κ2) is 28.4. The minimum Gasteiger partial charge on any atom is -0.444 e. The molecule has 25 heteroatoms. The molecule has 22 nitrogen and oxygen atoms in total. The van der Waals surface area contributed by atoms with E-state index in [9.17, 15) is 43.1 Å². The number of carbonyl (C=O) groups is 7. The van der Waals surface area contributed by atoms with Gasteiger partial charge in [-0.15, -0.1) is 0 Å². The minimum atomic E-state index is -1.61. The van der Waals surface area contributed by atoms with Crippen molar-refractivity contribution in [2.24, 2.45) is 0 Å². The summed E-state index contributed by atoms with van der Waals surface area (Å²) in [4.78, 5) is 109. The molecule has 0 spiro atoms. The molecule has 0 aliphatic carbocycles. The highest BCUT2D eigenvalue weighted by Gasteiger charge is 2.49. The van der Waals surface area contributed by atoms with Crippen LogP contribution in [0.25, 0.3) is 0 Å². The molecule has 4 aliphatic heterocycles. The molecule has 4 heterocycles. The monoisotopic (exact) mass is 1270 g/mol. The van der Waals surface area contributed by atoms with Crippen LogP contribution in [0.1, 0.15) is 110 Å². The maximum Gasteiger partial charge on any atom is 0.410 e. The lowest BCUT2D eigenvalue weighted by molar-refractivity contribution is -0.145. The van der Waals surface area contributed by atoms with Gasteiger partial charge >= 0.3 is 12.2 Å². The van der Waals surface area contributed by atoms with E-state index in [4.69, 9.17) is 18.9 Å². The number of benzene rings is 4. The lowest BCUT2D eigenvalue weighted by Crippen LogP contribution is -2.65. The number of morpholine rings is 1. The molecule has 0 aromatic heterocycles. The average molecular weight is 1270 g/mol. The number of nitrogens with zero attached hydrogens (tertiary/aromatic N) is 6. The van der Waals surface area contributed by atoms with Gasteiger partial charge in [0.15, 0.2) is 0 Å². The van der Waals surface area contributed by atoms with Gasteiger partial charge in [0.1, 0.15) is 58.7 Å². The highest BCUT2D eigenvalue weighted by Crippen LogP contribution is 2.44. The summed E-state index contributed by atoms with van der Waals surface area (Å²) in [6, 6.07) is 14.6. The van der Waals surface area contributed by atoms with Crippen LogP contribution < -0.4 is 26.2 Å². The fourth-order valence-electron chi connectivity index (χ4n) is 11.9. The summed E-state index contributed by atoms with van der Waals surface area (Å²) in [5, 5.41) is 23.1. The van der Waals surface area contributed by atoms with E-state index in [1.807, 2.05) is 45.9 Å². The van der Waals surface area contributed by atoms with Crippen LogP contribution >= 0.6 is 0 Å². The molecule has 8 rings (SSSR count). The lowest BCUT2D eigenvalue weighted by Gasteiger charge is -2.48. The van der Waals surface area contributed by atoms with E-state index in [2.05, 4.69) is 38.0 Å². The first-order chi connectivity index (χ1) is 42.7. The number of aliphatic hydroxyl groups is 1. The zero-order valence-corrected chi connectivity index (χ0v) is 54.2. The Morgan fingerprint density at radius 3 is 2.14 bits per heavy atom. The largest absolute Gasteiger partial charge is 0.444 e. The second-order valence-corrected chi connectivity index (χ2v) is 26.4. The molecule has 7 amide bonds. The summed E-state index contributed by atoms with van der Waals surface area (Å²) in [6.07, 6.45) is -3.02. The molecule has 5 N–H and O–H groups in total. The van der Waals surface area contributed by atoms with Gasteiger partial charge in [-0.05, 0) is 153 Å². The number of β-amino-alcohol motifs (C(OH)–C–C–N with tert-alkyl or cyclic N) is 1. The standard InChI is InChI=1S/C66H87F3N10O12/c1-38-31-76(47(33-75-25-26-89-36-39(75)2)34-77(38)63(87)91-65(8,9)10)35-54(81)79-37-66(11,49-24-19-43(28-52(49)79)27-42-17-21-45(67)22-18-42)61(85)70-30-53(80)71-46-23-20-44-32-78(57(48(44)29-46)59(83)73-56-50(68)15-14-16-51(56)69)60(84)55(41(4)88-13)72-58(82)40(3)74(12)62(86)90-64(5,6)7/h14-24,28-29,38-41,47,54-55,57,81H,25-27,30-37H2,1-13H3,(H,70,85)(H,71,80)(H,72,82)(H,73,83)/t38-,39-,40+,41-,47+,54?,55+,57+,66-/m1/s1. The van der Waals surface area contributed by atoms with Crippen molar-refractivity contribution in [1.82, 2.24) is 35.1 Å². The van der Waals surface area contributed by atoms with Gasteiger partial charge < -0.3 is 60.0 Å². The molecule has 4 aliphatic rings. The van der Waals surface area contributed by atoms with Crippen LogP contribution in [0, 0.1) is 17.5 Å². The van der Waals surface area contributed by atoms with Crippen LogP contribution in [-0.4, -0.2) is 198 Å². The Morgan fingerprint density at radius 1 is 0.824 bits per heavy atom. The normalized spacial score (nSPS) is 21.6. The highest BCUT2D eigenvalue weighted by atomic mass is 19.1. The number of piperazine rings is 1. The molecular formula is C66H87F3N10O12. The van der Waals surface area contributed by atoms with Crippen molar-refractivity contribution in [1.29, 1.82) is 0 Å². The third-order valence-corrected chi connectivity index (χ3v) is 17.1. The number of ether oxygens (including phenoxy) is 4. The van der Waals surface area contributed by atoms with Crippen molar-refractivity contribution in [3.63, 3.8) is 0 Å². The average Bonchev–Trinajstić information content (AvgIpc) is 1.62. The highest BCUT2D eigenvalue weighted by molar-refractivity contribution is 6.02. The molecule has 91 heavy (non-hydrogen) atoms. The SMILES string of the molecule is CO[C@H](C)[C@H](NC(=O)[C@H](C)N(C)C(=O)OC(C)(C)C)C(=O)N1Cc2ccc(NC(=O)CNC(=O)[C@]3(C)CN(C(O)CN4C[C@@H](C)N(C(=O)OC(C)(C)C)C[C@@H]4CN4CCOC[C@H]4C)c4cc(Cc5ccc(F)cc5)ccc43)cc2[C@H]1C(=O)Nc1c(F)cccc1F. The van der Waals surface area contributed by atoms with E-state index >= 15 is 8.78 Å². The second-order valence-electron chi connectivity index (χ2n) is 26.4. The van der Waals surface area contributed by atoms with Crippen molar-refractivity contribution >= 4 is 58.8 Å². The Bertz CT molecular complexity index is 3330. The number of fused-ring (bicyclic) bond motifs is 2. The summed E-state index contributed by atoms with van der Waals surface area (Å²) in [6.45, 7) is 21.6. The summed E-state index contributed by atoms with van der Waals surface area (Å²) in [5.41, 5.74) is -0.206. The summed E-state index contributed by atoms with van der Waals surface area (Å²) >= 11 is 0. The van der Waals surface area contributed by atoms with Crippen LogP contribution in [0.2, 0.25) is 0 Å². The van der Waals surface area contributed by atoms with Crippen LogP contribution in [-0.2, 0) is 61.3 Å². The number of hydrogen-bond acceptors (Lipinski definition) is 15. The number of methoxy groups -OCH3 is 1. The van der Waals surface area contributed by atoms with E-state index < -0.39 is 113 Å². The van der Waals surface area contributed by atoms with Gasteiger partial charge in [0.25, 0.3) is 5.91 Å². The van der Waals surface area contributed by atoms with Crippen molar-refractivity contribution in [3.8, 4) is 0 Å².